The maximum absolute atomic E-state index is 13.1. The van der Waals surface area contributed by atoms with Gasteiger partial charge in [-0.1, -0.05) is 48.5 Å². The zero-order chi connectivity index (χ0) is 18.4. The van der Waals surface area contributed by atoms with E-state index in [1.54, 1.807) is 12.1 Å². The molecule has 5 heteroatoms. The van der Waals surface area contributed by atoms with Crippen molar-refractivity contribution in [1.82, 2.24) is 10.2 Å². The van der Waals surface area contributed by atoms with Gasteiger partial charge in [0.2, 0.25) is 5.91 Å². The maximum atomic E-state index is 13.1. The smallest absolute Gasteiger partial charge is 0.251 e. The molecule has 2 aromatic carbocycles. The first-order valence-electron chi connectivity index (χ1n) is 9.13. The van der Waals surface area contributed by atoms with Crippen molar-refractivity contribution in [1.29, 1.82) is 0 Å². The van der Waals surface area contributed by atoms with Gasteiger partial charge in [0.1, 0.15) is 6.04 Å². The quantitative estimate of drug-likeness (QED) is 0.818. The standard InChI is InChI=1S/C21H25N3O2/c1-23-12-14-24(15-13-23)21(26)19(16-17-8-4-2-5-9-17)22-20(25)18-10-6-3-7-11-18/h2-11,19H,12-16H2,1H3,(H,22,25)/p+1/t19-/m0/s1. The van der Waals surface area contributed by atoms with E-state index in [1.807, 2.05) is 53.4 Å². The predicted molar refractivity (Wildman–Crippen MR) is 101 cm³/mol. The van der Waals surface area contributed by atoms with E-state index in [-0.39, 0.29) is 11.8 Å². The van der Waals surface area contributed by atoms with Crippen LogP contribution in [0.2, 0.25) is 0 Å². The predicted octanol–water partition coefficient (Wildman–Crippen LogP) is 0.385. The lowest BCUT2D eigenvalue weighted by Crippen LogP contribution is -3.12. The monoisotopic (exact) mass is 352 g/mol. The molecule has 26 heavy (non-hydrogen) atoms. The molecular formula is C21H26N3O2+. The van der Waals surface area contributed by atoms with E-state index in [2.05, 4.69) is 12.4 Å². The minimum atomic E-state index is -0.552. The Bertz CT molecular complexity index is 725. The summed E-state index contributed by atoms with van der Waals surface area (Å²) in [6.45, 7) is 3.35. The van der Waals surface area contributed by atoms with Gasteiger partial charge in [-0.05, 0) is 17.7 Å². The van der Waals surface area contributed by atoms with Crippen LogP contribution in [-0.4, -0.2) is 56.0 Å². The summed E-state index contributed by atoms with van der Waals surface area (Å²) in [7, 11) is 2.14. The summed E-state index contributed by atoms with van der Waals surface area (Å²) in [4.78, 5) is 29.0. The van der Waals surface area contributed by atoms with Gasteiger partial charge in [-0.2, -0.15) is 0 Å². The molecule has 0 saturated carbocycles. The highest BCUT2D eigenvalue weighted by atomic mass is 16.2. The van der Waals surface area contributed by atoms with Crippen LogP contribution in [0.4, 0.5) is 0 Å². The lowest BCUT2D eigenvalue weighted by Gasteiger charge is -2.33. The first-order valence-corrected chi connectivity index (χ1v) is 9.13. The van der Waals surface area contributed by atoms with Gasteiger partial charge < -0.3 is 15.1 Å². The summed E-state index contributed by atoms with van der Waals surface area (Å²) < 4.78 is 0. The number of amides is 2. The van der Waals surface area contributed by atoms with Crippen molar-refractivity contribution in [3.05, 3.63) is 71.8 Å². The molecule has 3 rings (SSSR count). The fraction of sp³-hybridized carbons (Fsp3) is 0.333. The second kappa shape index (κ2) is 8.63. The van der Waals surface area contributed by atoms with Gasteiger partial charge in [-0.15, -0.1) is 0 Å². The van der Waals surface area contributed by atoms with E-state index < -0.39 is 6.04 Å². The normalized spacial score (nSPS) is 16.1. The van der Waals surface area contributed by atoms with E-state index in [1.165, 1.54) is 4.90 Å². The molecule has 0 unspecified atom stereocenters. The van der Waals surface area contributed by atoms with Gasteiger partial charge in [-0.25, -0.2) is 0 Å². The van der Waals surface area contributed by atoms with Crippen molar-refractivity contribution in [3.63, 3.8) is 0 Å². The zero-order valence-corrected chi connectivity index (χ0v) is 15.2. The summed E-state index contributed by atoms with van der Waals surface area (Å²) in [6.07, 6.45) is 0.497. The van der Waals surface area contributed by atoms with Crippen molar-refractivity contribution in [2.45, 2.75) is 12.5 Å². The number of hydrogen-bond acceptors (Lipinski definition) is 2. The Morgan fingerprint density at radius 2 is 1.58 bits per heavy atom. The van der Waals surface area contributed by atoms with Gasteiger partial charge in [0.05, 0.1) is 33.2 Å². The summed E-state index contributed by atoms with van der Waals surface area (Å²) in [5.74, 6) is -0.203. The summed E-state index contributed by atoms with van der Waals surface area (Å²) in [5, 5.41) is 2.95. The van der Waals surface area contributed by atoms with Crippen LogP contribution in [0.25, 0.3) is 0 Å². The molecule has 1 aliphatic heterocycles. The van der Waals surface area contributed by atoms with Crippen molar-refractivity contribution in [2.24, 2.45) is 0 Å². The molecule has 1 atom stereocenters. The van der Waals surface area contributed by atoms with E-state index in [9.17, 15) is 9.59 Å². The van der Waals surface area contributed by atoms with Crippen LogP contribution in [0, 0.1) is 0 Å². The highest BCUT2D eigenvalue weighted by Crippen LogP contribution is 2.08. The lowest BCUT2D eigenvalue weighted by molar-refractivity contribution is -0.883. The maximum Gasteiger partial charge on any atom is 0.251 e. The SMILES string of the molecule is C[NH+]1CCN(C(=O)[C@H](Cc2ccccc2)NC(=O)c2ccccc2)CC1. The van der Waals surface area contributed by atoms with E-state index in [4.69, 9.17) is 0 Å². The molecule has 136 valence electrons. The Morgan fingerprint density at radius 1 is 1.00 bits per heavy atom. The van der Waals surface area contributed by atoms with Crippen molar-refractivity contribution >= 4 is 11.8 Å². The molecule has 2 amide bonds. The van der Waals surface area contributed by atoms with Crippen LogP contribution in [0.5, 0.6) is 0 Å². The molecule has 0 aromatic heterocycles. The number of likely N-dealkylation sites (N-methyl/N-ethyl adjacent to an activating group) is 1. The van der Waals surface area contributed by atoms with Crippen molar-refractivity contribution in [3.8, 4) is 0 Å². The molecule has 2 N–H and O–H groups in total. The van der Waals surface area contributed by atoms with Crippen LogP contribution in [0.15, 0.2) is 60.7 Å². The van der Waals surface area contributed by atoms with Gasteiger partial charge in [0.25, 0.3) is 5.91 Å². The van der Waals surface area contributed by atoms with Crippen molar-refractivity contribution in [2.75, 3.05) is 33.2 Å². The average Bonchev–Trinajstić information content (AvgIpc) is 2.69. The Balaban J connectivity index is 1.75. The van der Waals surface area contributed by atoms with E-state index in [0.29, 0.717) is 12.0 Å². The third-order valence-electron chi connectivity index (χ3n) is 4.85. The molecule has 0 aliphatic carbocycles. The Kier molecular flexibility index (Phi) is 6.02. The van der Waals surface area contributed by atoms with Crippen LogP contribution < -0.4 is 10.2 Å². The Morgan fingerprint density at radius 3 is 2.19 bits per heavy atom. The third kappa shape index (κ3) is 4.70. The third-order valence-corrected chi connectivity index (χ3v) is 4.85. The summed E-state index contributed by atoms with van der Waals surface area (Å²) >= 11 is 0. The number of nitrogens with zero attached hydrogens (tertiary/aromatic N) is 1. The topological polar surface area (TPSA) is 53.9 Å². The number of piperazine rings is 1. The van der Waals surface area contributed by atoms with E-state index >= 15 is 0 Å². The molecule has 0 spiro atoms. The lowest BCUT2D eigenvalue weighted by atomic mass is 10.0. The Labute approximate surface area is 154 Å². The van der Waals surface area contributed by atoms with Crippen LogP contribution >= 0.6 is 0 Å². The Hall–Kier alpha value is -2.66. The van der Waals surface area contributed by atoms with Crippen LogP contribution in [-0.2, 0) is 11.2 Å². The molecule has 0 radical (unpaired) electrons. The van der Waals surface area contributed by atoms with Crippen LogP contribution in [0.3, 0.4) is 0 Å². The van der Waals surface area contributed by atoms with Gasteiger partial charge in [0, 0.05) is 12.0 Å². The molecular weight excluding hydrogens is 326 g/mol. The molecule has 0 bridgehead atoms. The molecule has 2 aromatic rings. The van der Waals surface area contributed by atoms with Crippen LogP contribution in [0.1, 0.15) is 15.9 Å². The number of nitrogens with one attached hydrogen (secondary N) is 2. The fourth-order valence-electron chi connectivity index (χ4n) is 3.21. The van der Waals surface area contributed by atoms with Gasteiger partial charge in [-0.3, -0.25) is 9.59 Å². The number of benzene rings is 2. The summed E-state index contributed by atoms with van der Waals surface area (Å²) in [5.41, 5.74) is 1.61. The minimum absolute atomic E-state index is 0.00522. The second-order valence-electron chi connectivity index (χ2n) is 6.86. The molecule has 1 fully saturated rings. The highest BCUT2D eigenvalue weighted by molar-refractivity contribution is 5.97. The van der Waals surface area contributed by atoms with Gasteiger partial charge >= 0.3 is 0 Å². The number of quaternary nitrogens is 1. The summed E-state index contributed by atoms with van der Waals surface area (Å²) in [6, 6.07) is 18.3. The number of carbonyl (C=O) groups excluding carboxylic acids is 2. The zero-order valence-electron chi connectivity index (χ0n) is 15.2. The van der Waals surface area contributed by atoms with Crippen molar-refractivity contribution < 1.29 is 14.5 Å². The average molecular weight is 352 g/mol. The number of carbonyl (C=O) groups is 2. The molecule has 1 saturated heterocycles. The minimum Gasteiger partial charge on any atom is -0.340 e. The molecule has 5 nitrogen and oxygen atoms in total. The van der Waals surface area contributed by atoms with E-state index in [0.717, 1.165) is 31.7 Å². The fourth-order valence-corrected chi connectivity index (χ4v) is 3.21. The largest absolute Gasteiger partial charge is 0.340 e. The molecule has 1 aliphatic rings. The second-order valence-corrected chi connectivity index (χ2v) is 6.86. The molecule has 1 heterocycles. The first-order chi connectivity index (χ1) is 12.6. The highest BCUT2D eigenvalue weighted by Gasteiger charge is 2.29. The number of hydrogen-bond donors (Lipinski definition) is 2. The first kappa shape index (κ1) is 18.1. The van der Waals surface area contributed by atoms with Gasteiger partial charge in [0.15, 0.2) is 0 Å². The number of rotatable bonds is 5.